The lowest BCUT2D eigenvalue weighted by molar-refractivity contribution is -0.113. The highest BCUT2D eigenvalue weighted by Crippen LogP contribution is 2.19. The molecular formula is C24H24N2O4S. The minimum atomic E-state index is -0.423. The van der Waals surface area contributed by atoms with E-state index >= 15 is 0 Å². The second-order valence-electron chi connectivity index (χ2n) is 6.90. The fourth-order valence-corrected chi connectivity index (χ4v) is 3.36. The number of rotatable bonds is 8. The Morgan fingerprint density at radius 3 is 2.23 bits per heavy atom. The molecule has 0 saturated carbocycles. The van der Waals surface area contributed by atoms with Crippen molar-refractivity contribution in [3.8, 4) is 11.5 Å². The quantitative estimate of drug-likeness (QED) is 0.490. The maximum atomic E-state index is 12.9. The normalized spacial score (nSPS) is 11.2. The van der Waals surface area contributed by atoms with E-state index in [1.54, 1.807) is 61.7 Å². The summed E-state index contributed by atoms with van der Waals surface area (Å²) in [5.74, 6) is 0.553. The first kappa shape index (κ1) is 22.1. The van der Waals surface area contributed by atoms with Gasteiger partial charge in [0.05, 0.1) is 13.2 Å². The number of amides is 2. The van der Waals surface area contributed by atoms with Gasteiger partial charge in [0.25, 0.3) is 11.8 Å². The van der Waals surface area contributed by atoms with Crippen LogP contribution in [0.2, 0.25) is 0 Å². The number of hydrogen-bond acceptors (Lipinski definition) is 5. The van der Waals surface area contributed by atoms with Gasteiger partial charge in [0.1, 0.15) is 17.2 Å². The topological polar surface area (TPSA) is 76.7 Å². The fourth-order valence-electron chi connectivity index (χ4n) is 2.70. The van der Waals surface area contributed by atoms with Crippen molar-refractivity contribution in [1.29, 1.82) is 0 Å². The van der Waals surface area contributed by atoms with Crippen LogP contribution in [0.5, 0.6) is 11.5 Å². The van der Waals surface area contributed by atoms with Crippen molar-refractivity contribution in [3.05, 3.63) is 82.2 Å². The van der Waals surface area contributed by atoms with Crippen LogP contribution in [0.3, 0.4) is 0 Å². The summed E-state index contributed by atoms with van der Waals surface area (Å²) >= 11 is 1.47. The average Bonchev–Trinajstić information content (AvgIpc) is 3.27. The number of anilines is 1. The summed E-state index contributed by atoms with van der Waals surface area (Å²) in [6.45, 7) is 3.89. The second kappa shape index (κ2) is 10.4. The lowest BCUT2D eigenvalue weighted by Crippen LogP contribution is -2.30. The van der Waals surface area contributed by atoms with E-state index in [1.165, 1.54) is 11.3 Å². The molecule has 31 heavy (non-hydrogen) atoms. The first-order chi connectivity index (χ1) is 14.9. The molecule has 2 N–H and O–H groups in total. The summed E-state index contributed by atoms with van der Waals surface area (Å²) in [5.41, 5.74) is 1.16. The number of hydrogen-bond donors (Lipinski definition) is 2. The SMILES string of the molecule is COc1ccc(C(=O)N/C(=C\c2cccs2)C(=O)Nc2ccc(OC(C)C)cc2)cc1. The van der Waals surface area contributed by atoms with Gasteiger partial charge >= 0.3 is 0 Å². The Hall–Kier alpha value is -3.58. The van der Waals surface area contributed by atoms with Crippen LogP contribution in [0.15, 0.2) is 71.7 Å². The highest BCUT2D eigenvalue weighted by atomic mass is 32.1. The largest absolute Gasteiger partial charge is 0.497 e. The third kappa shape index (κ3) is 6.45. The van der Waals surface area contributed by atoms with E-state index < -0.39 is 5.91 Å². The molecule has 0 atom stereocenters. The van der Waals surface area contributed by atoms with Crippen LogP contribution in [0.1, 0.15) is 29.1 Å². The summed E-state index contributed by atoms with van der Waals surface area (Å²) < 4.78 is 10.7. The van der Waals surface area contributed by atoms with Gasteiger partial charge in [-0.2, -0.15) is 0 Å². The molecule has 7 heteroatoms. The number of ether oxygens (including phenoxy) is 2. The third-order valence-corrected chi connectivity index (χ3v) is 4.98. The molecule has 0 saturated heterocycles. The van der Waals surface area contributed by atoms with E-state index in [0.717, 1.165) is 10.6 Å². The van der Waals surface area contributed by atoms with Gasteiger partial charge in [0, 0.05) is 16.1 Å². The van der Waals surface area contributed by atoms with Gasteiger partial charge < -0.3 is 20.1 Å². The van der Waals surface area contributed by atoms with Gasteiger partial charge in [0.2, 0.25) is 0 Å². The minimum Gasteiger partial charge on any atom is -0.497 e. The summed E-state index contributed by atoms with van der Waals surface area (Å²) in [7, 11) is 1.56. The molecule has 2 amide bonds. The lowest BCUT2D eigenvalue weighted by Gasteiger charge is -2.13. The zero-order valence-corrected chi connectivity index (χ0v) is 18.4. The predicted octanol–water partition coefficient (Wildman–Crippen LogP) is 4.95. The zero-order chi connectivity index (χ0) is 22.2. The van der Waals surface area contributed by atoms with Crippen LogP contribution < -0.4 is 20.1 Å². The summed E-state index contributed by atoms with van der Waals surface area (Å²) in [4.78, 5) is 26.5. The molecule has 0 aliphatic heterocycles. The molecule has 3 rings (SSSR count). The highest BCUT2D eigenvalue weighted by Gasteiger charge is 2.15. The van der Waals surface area contributed by atoms with E-state index in [0.29, 0.717) is 17.0 Å². The molecule has 160 valence electrons. The Bertz CT molecular complexity index is 1040. The Labute approximate surface area is 185 Å². The summed E-state index contributed by atoms with van der Waals surface area (Å²) in [6.07, 6.45) is 1.71. The van der Waals surface area contributed by atoms with Gasteiger partial charge in [-0.1, -0.05) is 6.07 Å². The van der Waals surface area contributed by atoms with Crippen molar-refractivity contribution < 1.29 is 19.1 Å². The molecule has 2 aromatic carbocycles. The number of carbonyl (C=O) groups excluding carboxylic acids is 2. The molecule has 6 nitrogen and oxygen atoms in total. The van der Waals surface area contributed by atoms with Gasteiger partial charge in [0.15, 0.2) is 0 Å². The van der Waals surface area contributed by atoms with Gasteiger partial charge in [-0.15, -0.1) is 11.3 Å². The second-order valence-corrected chi connectivity index (χ2v) is 7.88. The number of methoxy groups -OCH3 is 1. The van der Waals surface area contributed by atoms with E-state index in [2.05, 4.69) is 10.6 Å². The molecule has 0 aliphatic carbocycles. The number of thiophene rings is 1. The Balaban J connectivity index is 1.76. The minimum absolute atomic E-state index is 0.0638. The van der Waals surface area contributed by atoms with Crippen LogP contribution in [0.25, 0.3) is 6.08 Å². The molecule has 0 unspecified atom stereocenters. The Morgan fingerprint density at radius 2 is 1.65 bits per heavy atom. The van der Waals surface area contributed by atoms with Crippen LogP contribution in [0, 0.1) is 0 Å². The Morgan fingerprint density at radius 1 is 0.968 bits per heavy atom. The molecule has 0 radical (unpaired) electrons. The monoisotopic (exact) mass is 436 g/mol. The Kier molecular flexibility index (Phi) is 7.45. The number of benzene rings is 2. The van der Waals surface area contributed by atoms with Crippen LogP contribution in [-0.4, -0.2) is 25.0 Å². The van der Waals surface area contributed by atoms with Gasteiger partial charge in [-0.3, -0.25) is 9.59 Å². The number of nitrogens with one attached hydrogen (secondary N) is 2. The van der Waals surface area contributed by atoms with Crippen molar-refractivity contribution in [1.82, 2.24) is 5.32 Å². The first-order valence-corrected chi connectivity index (χ1v) is 10.6. The first-order valence-electron chi connectivity index (χ1n) is 9.73. The standard InChI is InChI=1S/C24H24N2O4S/c1-16(2)30-20-12-8-18(9-13-20)25-24(28)22(15-21-5-4-14-31-21)26-23(27)17-6-10-19(29-3)11-7-17/h4-16H,1-3H3,(H,25,28)(H,26,27)/b22-15-. The zero-order valence-electron chi connectivity index (χ0n) is 17.5. The van der Waals surface area contributed by atoms with Crippen LogP contribution in [0.4, 0.5) is 5.69 Å². The maximum Gasteiger partial charge on any atom is 0.272 e. The predicted molar refractivity (Wildman–Crippen MR) is 124 cm³/mol. The molecule has 1 aromatic heterocycles. The van der Waals surface area contributed by atoms with E-state index in [-0.39, 0.29) is 17.7 Å². The summed E-state index contributed by atoms with van der Waals surface area (Å²) in [5, 5.41) is 7.44. The molecule has 0 aliphatic rings. The third-order valence-electron chi connectivity index (χ3n) is 4.16. The lowest BCUT2D eigenvalue weighted by atomic mass is 10.2. The molecule has 0 spiro atoms. The van der Waals surface area contributed by atoms with Crippen molar-refractivity contribution in [2.24, 2.45) is 0 Å². The summed E-state index contributed by atoms with van der Waals surface area (Å²) in [6, 6.07) is 17.5. The van der Waals surface area contributed by atoms with E-state index in [1.807, 2.05) is 31.4 Å². The van der Waals surface area contributed by atoms with Crippen molar-refractivity contribution in [2.45, 2.75) is 20.0 Å². The van der Waals surface area contributed by atoms with Crippen molar-refractivity contribution in [2.75, 3.05) is 12.4 Å². The molecule has 3 aromatic rings. The van der Waals surface area contributed by atoms with Crippen molar-refractivity contribution >= 4 is 34.9 Å². The van der Waals surface area contributed by atoms with Crippen LogP contribution >= 0.6 is 11.3 Å². The maximum absolute atomic E-state index is 12.9. The fraction of sp³-hybridized carbons (Fsp3) is 0.167. The smallest absolute Gasteiger partial charge is 0.272 e. The van der Waals surface area contributed by atoms with Gasteiger partial charge in [-0.05, 0) is 79.9 Å². The molecule has 1 heterocycles. The number of carbonyl (C=O) groups is 2. The van der Waals surface area contributed by atoms with E-state index in [4.69, 9.17) is 9.47 Å². The van der Waals surface area contributed by atoms with Crippen molar-refractivity contribution in [3.63, 3.8) is 0 Å². The highest BCUT2D eigenvalue weighted by molar-refractivity contribution is 7.10. The van der Waals surface area contributed by atoms with Gasteiger partial charge in [-0.25, -0.2) is 0 Å². The van der Waals surface area contributed by atoms with Crippen LogP contribution in [-0.2, 0) is 4.79 Å². The van der Waals surface area contributed by atoms with E-state index in [9.17, 15) is 9.59 Å². The average molecular weight is 437 g/mol. The molecule has 0 bridgehead atoms. The molecular weight excluding hydrogens is 412 g/mol. The molecule has 0 fully saturated rings.